The lowest BCUT2D eigenvalue weighted by atomic mass is 9.88. The number of benzene rings is 4. The predicted octanol–water partition coefficient (Wildman–Crippen LogP) is 5.86. The van der Waals surface area contributed by atoms with Gasteiger partial charge in [-0.2, -0.15) is 0 Å². The van der Waals surface area contributed by atoms with Crippen LogP contribution in [0.5, 0.6) is 0 Å². The fourth-order valence-electron chi connectivity index (χ4n) is 5.74. The Morgan fingerprint density at radius 1 is 0.763 bits per heavy atom. The van der Waals surface area contributed by atoms with Gasteiger partial charge in [-0.3, -0.25) is 4.79 Å². The van der Waals surface area contributed by atoms with E-state index >= 15 is 0 Å². The number of hydrogen-bond acceptors (Lipinski definition) is 2. The minimum atomic E-state index is -0.986. The number of fused-ring (bicyclic) bond motifs is 3. The van der Waals surface area contributed by atoms with Crippen LogP contribution in [0, 0.1) is 0 Å². The molecule has 5 nitrogen and oxygen atoms in total. The highest BCUT2D eigenvalue weighted by molar-refractivity contribution is 5.93. The van der Waals surface area contributed by atoms with Gasteiger partial charge in [0.05, 0.1) is 5.92 Å². The molecule has 0 radical (unpaired) electrons. The molecule has 1 amide bonds. The van der Waals surface area contributed by atoms with E-state index in [0.29, 0.717) is 6.54 Å². The second-order valence-electron chi connectivity index (χ2n) is 9.79. The molecule has 5 heteroatoms. The zero-order chi connectivity index (χ0) is 26.1. The molecule has 0 aliphatic carbocycles. The average molecular weight is 501 g/mol. The summed E-state index contributed by atoms with van der Waals surface area (Å²) < 4.78 is 2.23. The molecular formula is C33H28N2O3. The first-order chi connectivity index (χ1) is 18.6. The van der Waals surface area contributed by atoms with Crippen LogP contribution in [0.15, 0.2) is 115 Å². The number of carboxylic acid groups (broad SMARTS) is 1. The molecule has 6 rings (SSSR count). The molecule has 1 aliphatic heterocycles. The van der Waals surface area contributed by atoms with E-state index in [4.69, 9.17) is 0 Å². The van der Waals surface area contributed by atoms with Gasteiger partial charge in [0.2, 0.25) is 5.91 Å². The molecule has 5 aromatic rings. The number of carboxylic acids is 1. The first kappa shape index (κ1) is 23.7. The maximum Gasteiger partial charge on any atom is 0.326 e. The minimum absolute atomic E-state index is 0.194. The van der Waals surface area contributed by atoms with E-state index in [-0.39, 0.29) is 18.9 Å². The van der Waals surface area contributed by atoms with Gasteiger partial charge in [0.15, 0.2) is 0 Å². The number of amides is 1. The third-order valence-corrected chi connectivity index (χ3v) is 7.55. The normalized spacial score (nSPS) is 15.0. The molecule has 0 saturated carbocycles. The molecule has 4 aromatic carbocycles. The maximum atomic E-state index is 14.3. The predicted molar refractivity (Wildman–Crippen MR) is 148 cm³/mol. The summed E-state index contributed by atoms with van der Waals surface area (Å²) >= 11 is 0. The van der Waals surface area contributed by atoms with Crippen LogP contribution >= 0.6 is 0 Å². The molecule has 1 aromatic heterocycles. The van der Waals surface area contributed by atoms with Gasteiger partial charge in [-0.05, 0) is 22.8 Å². The molecule has 0 bridgehead atoms. The number of aromatic nitrogens is 1. The van der Waals surface area contributed by atoms with Crippen molar-refractivity contribution in [1.29, 1.82) is 0 Å². The van der Waals surface area contributed by atoms with Gasteiger partial charge >= 0.3 is 5.97 Å². The van der Waals surface area contributed by atoms with E-state index < -0.39 is 17.9 Å². The van der Waals surface area contributed by atoms with Gasteiger partial charge in [0.25, 0.3) is 0 Å². The van der Waals surface area contributed by atoms with Crippen molar-refractivity contribution in [1.82, 2.24) is 9.47 Å². The summed E-state index contributed by atoms with van der Waals surface area (Å²) in [7, 11) is 0. The lowest BCUT2D eigenvalue weighted by molar-refractivity contribution is -0.151. The minimum Gasteiger partial charge on any atom is -0.480 e. The summed E-state index contributed by atoms with van der Waals surface area (Å²) in [6.45, 7) is 0.900. The Bertz CT molecular complexity index is 1550. The highest BCUT2D eigenvalue weighted by atomic mass is 16.4. The van der Waals surface area contributed by atoms with Crippen LogP contribution < -0.4 is 0 Å². The molecule has 1 N–H and O–H groups in total. The lowest BCUT2D eigenvalue weighted by Crippen LogP contribution is -2.50. The monoisotopic (exact) mass is 500 g/mol. The number of hydrogen-bond donors (Lipinski definition) is 1. The van der Waals surface area contributed by atoms with Gasteiger partial charge < -0.3 is 14.6 Å². The third kappa shape index (κ3) is 4.26. The molecule has 188 valence electrons. The Hall–Kier alpha value is -4.64. The van der Waals surface area contributed by atoms with Crippen molar-refractivity contribution in [2.24, 2.45) is 0 Å². The Labute approximate surface area is 221 Å². The first-order valence-electron chi connectivity index (χ1n) is 12.9. The highest BCUT2D eigenvalue weighted by Crippen LogP contribution is 2.36. The molecule has 38 heavy (non-hydrogen) atoms. The van der Waals surface area contributed by atoms with Gasteiger partial charge in [-0.15, -0.1) is 0 Å². The zero-order valence-electron chi connectivity index (χ0n) is 20.9. The van der Waals surface area contributed by atoms with Crippen molar-refractivity contribution in [3.05, 3.63) is 143 Å². The number of para-hydroxylation sites is 1. The Morgan fingerprint density at radius 2 is 1.32 bits per heavy atom. The molecule has 0 unspecified atom stereocenters. The van der Waals surface area contributed by atoms with Crippen molar-refractivity contribution in [2.75, 3.05) is 0 Å². The fraction of sp³-hybridized carbons (Fsp3) is 0.152. The van der Waals surface area contributed by atoms with Gasteiger partial charge in [0, 0.05) is 41.7 Å². The zero-order valence-corrected chi connectivity index (χ0v) is 20.9. The molecule has 0 saturated heterocycles. The largest absolute Gasteiger partial charge is 0.480 e. The third-order valence-electron chi connectivity index (χ3n) is 7.55. The van der Waals surface area contributed by atoms with Gasteiger partial charge in [-0.1, -0.05) is 109 Å². The Kier molecular flexibility index (Phi) is 6.26. The first-order valence-corrected chi connectivity index (χ1v) is 12.9. The van der Waals surface area contributed by atoms with Crippen LogP contribution in [0.2, 0.25) is 0 Å². The molecular weight excluding hydrogens is 472 g/mol. The van der Waals surface area contributed by atoms with Crippen LogP contribution in [-0.2, 0) is 29.1 Å². The second kappa shape index (κ2) is 10.0. The molecule has 0 spiro atoms. The Balaban J connectivity index is 1.46. The summed E-state index contributed by atoms with van der Waals surface area (Å²) in [5.74, 6) is -1.76. The number of carbonyl (C=O) groups excluding carboxylic acids is 1. The second-order valence-corrected chi connectivity index (χ2v) is 9.79. The van der Waals surface area contributed by atoms with Crippen molar-refractivity contribution < 1.29 is 14.7 Å². The van der Waals surface area contributed by atoms with Crippen molar-refractivity contribution >= 4 is 22.8 Å². The van der Waals surface area contributed by atoms with Crippen LogP contribution in [0.3, 0.4) is 0 Å². The van der Waals surface area contributed by atoms with E-state index in [1.165, 1.54) is 0 Å². The molecule has 0 fully saturated rings. The quantitative estimate of drug-likeness (QED) is 0.318. The highest BCUT2D eigenvalue weighted by Gasteiger charge is 2.40. The number of rotatable bonds is 6. The fourth-order valence-corrected chi connectivity index (χ4v) is 5.74. The smallest absolute Gasteiger partial charge is 0.326 e. The van der Waals surface area contributed by atoms with Crippen molar-refractivity contribution in [3.8, 4) is 0 Å². The van der Waals surface area contributed by atoms with Crippen LogP contribution in [-0.4, -0.2) is 32.5 Å². The molecule has 1 atom stereocenters. The number of carbonyl (C=O) groups is 2. The summed E-state index contributed by atoms with van der Waals surface area (Å²) in [6.07, 6.45) is 0.258. The molecule has 2 heterocycles. The van der Waals surface area contributed by atoms with Crippen LogP contribution in [0.25, 0.3) is 10.9 Å². The van der Waals surface area contributed by atoms with Gasteiger partial charge in [-0.25, -0.2) is 4.79 Å². The summed E-state index contributed by atoms with van der Waals surface area (Å²) in [5.41, 5.74) is 5.93. The Morgan fingerprint density at radius 3 is 1.92 bits per heavy atom. The van der Waals surface area contributed by atoms with E-state index in [0.717, 1.165) is 38.9 Å². The lowest BCUT2D eigenvalue weighted by Gasteiger charge is -2.36. The topological polar surface area (TPSA) is 62.5 Å². The standard InChI is InChI=1S/C33H28N2O3/c36-32(31(24-14-6-2-7-15-24)25-16-8-3-9-17-25)35-22-27-26-18-10-11-19-28(26)34(21-23-12-4-1-5-13-23)29(27)20-30(35)33(37)38/h1-19,30-31H,20-22H2,(H,37,38)/t30-/m0/s1. The number of nitrogens with zero attached hydrogens (tertiary/aromatic N) is 2. The molecule has 1 aliphatic rings. The van der Waals surface area contributed by atoms with E-state index in [1.807, 2.05) is 91.0 Å². The maximum absolute atomic E-state index is 14.3. The van der Waals surface area contributed by atoms with E-state index in [1.54, 1.807) is 4.90 Å². The van der Waals surface area contributed by atoms with Crippen LogP contribution in [0.4, 0.5) is 0 Å². The number of aliphatic carboxylic acids is 1. The van der Waals surface area contributed by atoms with Gasteiger partial charge in [0.1, 0.15) is 6.04 Å². The van der Waals surface area contributed by atoms with Crippen LogP contribution in [0.1, 0.15) is 33.9 Å². The van der Waals surface area contributed by atoms with Crippen molar-refractivity contribution in [2.45, 2.75) is 31.5 Å². The summed E-state index contributed by atoms with van der Waals surface area (Å²) in [5, 5.41) is 11.4. The summed E-state index contributed by atoms with van der Waals surface area (Å²) in [6, 6.07) is 36.6. The van der Waals surface area contributed by atoms with E-state index in [2.05, 4.69) is 28.8 Å². The van der Waals surface area contributed by atoms with Crippen molar-refractivity contribution in [3.63, 3.8) is 0 Å². The van der Waals surface area contributed by atoms with E-state index in [9.17, 15) is 14.7 Å². The average Bonchev–Trinajstić information content (AvgIpc) is 3.26. The summed E-state index contributed by atoms with van der Waals surface area (Å²) in [4.78, 5) is 28.5. The SMILES string of the molecule is O=C(O)[C@@H]1Cc2c(c3ccccc3n2Cc2ccccc2)CN1C(=O)C(c1ccccc1)c1ccccc1.